The summed E-state index contributed by atoms with van der Waals surface area (Å²) in [6.45, 7) is 2.16. The lowest BCUT2D eigenvalue weighted by Gasteiger charge is -2.09. The Labute approximate surface area is 120 Å². The Bertz CT molecular complexity index is 695. The van der Waals surface area contributed by atoms with Crippen molar-refractivity contribution >= 4 is 31.6 Å². The minimum Gasteiger partial charge on any atom is -0.363 e. The molecule has 0 saturated carbocycles. The Kier molecular flexibility index (Phi) is 3.98. The zero-order chi connectivity index (χ0) is 14.0. The first-order valence-electron chi connectivity index (χ1n) is 5.59. The molecule has 2 aromatic rings. The normalized spacial score (nSPS) is 11.5. The highest BCUT2D eigenvalue weighted by Crippen LogP contribution is 2.26. The molecule has 1 aromatic carbocycles. The van der Waals surface area contributed by atoms with Gasteiger partial charge in [0.25, 0.3) is 10.0 Å². The average Bonchev–Trinajstić information content (AvgIpc) is 2.83. The molecule has 1 heterocycles. The van der Waals surface area contributed by atoms with Crippen molar-refractivity contribution in [3.05, 3.63) is 46.2 Å². The molecule has 0 atom stereocenters. The molecule has 2 rings (SSSR count). The summed E-state index contributed by atoms with van der Waals surface area (Å²) < 4.78 is 27.6. The lowest BCUT2D eigenvalue weighted by molar-refractivity contribution is 0.601. The van der Waals surface area contributed by atoms with Crippen LogP contribution in [-0.4, -0.2) is 13.4 Å². The number of hydrogen-bond donors (Lipinski definition) is 3. The van der Waals surface area contributed by atoms with Crippen LogP contribution in [0.5, 0.6) is 0 Å². The Morgan fingerprint density at radius 3 is 2.74 bits per heavy atom. The van der Waals surface area contributed by atoms with E-state index in [2.05, 4.69) is 25.6 Å². The molecule has 0 saturated heterocycles. The second-order valence-corrected chi connectivity index (χ2v) is 6.69. The van der Waals surface area contributed by atoms with E-state index in [4.69, 9.17) is 5.73 Å². The van der Waals surface area contributed by atoms with E-state index in [-0.39, 0.29) is 11.4 Å². The highest BCUT2D eigenvalue weighted by molar-refractivity contribution is 9.10. The fourth-order valence-electron chi connectivity index (χ4n) is 1.61. The van der Waals surface area contributed by atoms with Crippen molar-refractivity contribution in [3.8, 4) is 0 Å². The smallest absolute Gasteiger partial charge is 0.263 e. The summed E-state index contributed by atoms with van der Waals surface area (Å²) in [5.41, 5.74) is 7.60. The van der Waals surface area contributed by atoms with Crippen LogP contribution in [0.25, 0.3) is 0 Å². The second-order valence-electron chi connectivity index (χ2n) is 4.15. The summed E-state index contributed by atoms with van der Waals surface area (Å²) in [7, 11) is -3.61. The molecule has 19 heavy (non-hydrogen) atoms. The number of hydrogen-bond acceptors (Lipinski definition) is 3. The molecular formula is C12H14BrN3O2S. The van der Waals surface area contributed by atoms with Gasteiger partial charge in [-0.3, -0.25) is 4.72 Å². The SMILES string of the molecule is Cc1ccc(Br)c(NS(=O)(=O)c2c[nH]c(CN)c2)c1. The molecule has 0 radical (unpaired) electrons. The number of aromatic amines is 1. The number of rotatable bonds is 4. The number of anilines is 1. The zero-order valence-electron chi connectivity index (χ0n) is 10.3. The third kappa shape index (κ3) is 3.17. The third-order valence-corrected chi connectivity index (χ3v) is 4.65. The van der Waals surface area contributed by atoms with Gasteiger partial charge in [0.2, 0.25) is 0 Å². The molecule has 0 aliphatic heterocycles. The van der Waals surface area contributed by atoms with Gasteiger partial charge in [0, 0.05) is 22.9 Å². The van der Waals surface area contributed by atoms with E-state index in [1.54, 1.807) is 12.1 Å². The Morgan fingerprint density at radius 1 is 1.37 bits per heavy atom. The van der Waals surface area contributed by atoms with Gasteiger partial charge in [-0.25, -0.2) is 8.42 Å². The predicted molar refractivity (Wildman–Crippen MR) is 78.4 cm³/mol. The number of nitrogens with two attached hydrogens (primary N) is 1. The van der Waals surface area contributed by atoms with Gasteiger partial charge in [-0.2, -0.15) is 0 Å². The second kappa shape index (κ2) is 5.36. The van der Waals surface area contributed by atoms with Crippen LogP contribution < -0.4 is 10.5 Å². The highest BCUT2D eigenvalue weighted by Gasteiger charge is 2.17. The first kappa shape index (κ1) is 14.1. The predicted octanol–water partition coefficient (Wildman–Crippen LogP) is 2.35. The van der Waals surface area contributed by atoms with Crippen molar-refractivity contribution < 1.29 is 8.42 Å². The first-order valence-corrected chi connectivity index (χ1v) is 7.86. The van der Waals surface area contributed by atoms with E-state index in [0.717, 1.165) is 5.56 Å². The molecule has 5 nitrogen and oxygen atoms in total. The molecule has 0 aliphatic rings. The zero-order valence-corrected chi connectivity index (χ0v) is 12.7. The van der Waals surface area contributed by atoms with Gasteiger partial charge < -0.3 is 10.7 Å². The van der Waals surface area contributed by atoms with Crippen LogP contribution in [0.15, 0.2) is 39.8 Å². The van der Waals surface area contributed by atoms with Gasteiger partial charge >= 0.3 is 0 Å². The molecular weight excluding hydrogens is 330 g/mol. The number of nitrogens with one attached hydrogen (secondary N) is 2. The summed E-state index contributed by atoms with van der Waals surface area (Å²) in [4.78, 5) is 2.99. The van der Waals surface area contributed by atoms with Crippen LogP contribution in [0.2, 0.25) is 0 Å². The first-order chi connectivity index (χ1) is 8.92. The van der Waals surface area contributed by atoms with Gasteiger partial charge in [0.15, 0.2) is 0 Å². The van der Waals surface area contributed by atoms with Gasteiger partial charge in [-0.15, -0.1) is 0 Å². The van der Waals surface area contributed by atoms with Gasteiger partial charge in [-0.1, -0.05) is 6.07 Å². The van der Waals surface area contributed by atoms with E-state index >= 15 is 0 Å². The lowest BCUT2D eigenvalue weighted by atomic mass is 10.2. The Balaban J connectivity index is 2.33. The van der Waals surface area contributed by atoms with E-state index in [9.17, 15) is 8.42 Å². The molecule has 4 N–H and O–H groups in total. The molecule has 0 amide bonds. The van der Waals surface area contributed by atoms with Crippen molar-refractivity contribution in [2.45, 2.75) is 18.4 Å². The summed E-state index contributed by atoms with van der Waals surface area (Å²) >= 11 is 3.32. The standard InChI is InChI=1S/C12H14BrN3O2S/c1-8-2-3-11(13)12(4-8)16-19(17,18)10-5-9(6-14)15-7-10/h2-5,7,15-16H,6,14H2,1H3. The maximum Gasteiger partial charge on any atom is 0.263 e. The van der Waals surface area contributed by atoms with Crippen molar-refractivity contribution in [3.63, 3.8) is 0 Å². The van der Waals surface area contributed by atoms with E-state index in [1.165, 1.54) is 12.3 Å². The molecule has 0 bridgehead atoms. The minimum absolute atomic E-state index is 0.168. The van der Waals surface area contributed by atoms with Crippen molar-refractivity contribution in [2.24, 2.45) is 5.73 Å². The monoisotopic (exact) mass is 343 g/mol. The number of benzene rings is 1. The molecule has 102 valence electrons. The molecule has 0 spiro atoms. The van der Waals surface area contributed by atoms with Crippen LogP contribution in [0.4, 0.5) is 5.69 Å². The number of aryl methyl sites for hydroxylation is 1. The fraction of sp³-hybridized carbons (Fsp3) is 0.167. The molecule has 1 aromatic heterocycles. The Morgan fingerprint density at radius 2 is 2.11 bits per heavy atom. The van der Waals surface area contributed by atoms with Gasteiger partial charge in [0.1, 0.15) is 4.90 Å². The Hall–Kier alpha value is -1.31. The average molecular weight is 344 g/mol. The van der Waals surface area contributed by atoms with E-state index in [0.29, 0.717) is 15.9 Å². The van der Waals surface area contributed by atoms with Gasteiger partial charge in [0.05, 0.1) is 5.69 Å². The fourth-order valence-corrected chi connectivity index (χ4v) is 3.18. The van der Waals surface area contributed by atoms with Crippen molar-refractivity contribution in [2.75, 3.05) is 4.72 Å². The quantitative estimate of drug-likeness (QED) is 0.796. The van der Waals surface area contributed by atoms with E-state index in [1.807, 2.05) is 13.0 Å². The number of halogens is 1. The van der Waals surface area contributed by atoms with Crippen molar-refractivity contribution in [1.82, 2.24) is 4.98 Å². The maximum atomic E-state index is 12.2. The summed E-state index contributed by atoms with van der Waals surface area (Å²) in [6.07, 6.45) is 1.42. The third-order valence-electron chi connectivity index (χ3n) is 2.61. The molecule has 0 aliphatic carbocycles. The van der Waals surface area contributed by atoms with Crippen molar-refractivity contribution in [1.29, 1.82) is 0 Å². The highest BCUT2D eigenvalue weighted by atomic mass is 79.9. The summed E-state index contributed by atoms with van der Waals surface area (Å²) in [5, 5.41) is 0. The molecule has 7 heteroatoms. The minimum atomic E-state index is -3.61. The number of sulfonamides is 1. The number of H-pyrrole nitrogens is 1. The molecule has 0 unspecified atom stereocenters. The summed E-state index contributed by atoms with van der Waals surface area (Å²) in [5.74, 6) is 0. The topological polar surface area (TPSA) is 88.0 Å². The largest absolute Gasteiger partial charge is 0.363 e. The van der Waals surface area contributed by atoms with Crippen LogP contribution >= 0.6 is 15.9 Å². The molecule has 0 fully saturated rings. The van der Waals surface area contributed by atoms with E-state index < -0.39 is 10.0 Å². The number of aromatic nitrogens is 1. The van der Waals surface area contributed by atoms with Crippen LogP contribution in [0, 0.1) is 6.92 Å². The maximum absolute atomic E-state index is 12.2. The van der Waals surface area contributed by atoms with Gasteiger partial charge in [-0.05, 0) is 46.6 Å². The van der Waals surface area contributed by atoms with Crippen LogP contribution in [0.3, 0.4) is 0 Å². The summed E-state index contributed by atoms with van der Waals surface area (Å²) in [6, 6.07) is 6.98. The van der Waals surface area contributed by atoms with Crippen LogP contribution in [-0.2, 0) is 16.6 Å². The van der Waals surface area contributed by atoms with Crippen LogP contribution in [0.1, 0.15) is 11.3 Å². The lowest BCUT2D eigenvalue weighted by Crippen LogP contribution is -2.12.